The van der Waals surface area contributed by atoms with Crippen LogP contribution in [0.4, 0.5) is 0 Å². The first-order valence-electron chi connectivity index (χ1n) is 7.93. The molecule has 0 saturated carbocycles. The number of nitrogens with zero attached hydrogens (tertiary/aromatic N) is 1. The minimum atomic E-state index is -0.956. The molecule has 1 amide bonds. The van der Waals surface area contributed by atoms with Gasteiger partial charge in [0.25, 0.3) is 5.91 Å². The van der Waals surface area contributed by atoms with Crippen LogP contribution in [0.15, 0.2) is 18.2 Å². The molecular weight excluding hydrogens is 350 g/mol. The van der Waals surface area contributed by atoms with Crippen LogP contribution in [-0.2, 0) is 14.3 Å². The molecule has 1 aromatic carbocycles. The van der Waals surface area contributed by atoms with E-state index < -0.39 is 12.0 Å². The quantitative estimate of drug-likeness (QED) is 0.704. The van der Waals surface area contributed by atoms with Gasteiger partial charge < -0.3 is 24.2 Å². The summed E-state index contributed by atoms with van der Waals surface area (Å²) in [5.41, 5.74) is 0.302. The topological polar surface area (TPSA) is 85.3 Å². The predicted octanol–water partition coefficient (Wildman–Crippen LogP) is 2.07. The first kappa shape index (κ1) is 19.5. The van der Waals surface area contributed by atoms with Gasteiger partial charge in [0, 0.05) is 31.8 Å². The third-order valence-electron chi connectivity index (χ3n) is 4.10. The Balaban J connectivity index is 2.24. The van der Waals surface area contributed by atoms with Crippen LogP contribution in [-0.4, -0.2) is 68.0 Å². The van der Waals surface area contributed by atoms with Crippen molar-refractivity contribution in [3.05, 3.63) is 28.8 Å². The molecule has 1 aliphatic rings. The van der Waals surface area contributed by atoms with Crippen LogP contribution in [0.25, 0.3) is 0 Å². The first-order valence-corrected chi connectivity index (χ1v) is 8.31. The maximum absolute atomic E-state index is 13.0. The maximum Gasteiger partial charge on any atom is 0.305 e. The number of rotatable bonds is 8. The van der Waals surface area contributed by atoms with E-state index in [2.05, 4.69) is 0 Å². The molecule has 1 aliphatic heterocycles. The van der Waals surface area contributed by atoms with Crippen molar-refractivity contribution in [2.75, 3.05) is 34.0 Å². The van der Waals surface area contributed by atoms with E-state index in [4.69, 9.17) is 30.9 Å². The van der Waals surface area contributed by atoms with Crippen LogP contribution in [0.3, 0.4) is 0 Å². The molecule has 0 aromatic heterocycles. The minimum Gasteiger partial charge on any atom is -0.490 e. The van der Waals surface area contributed by atoms with Gasteiger partial charge in [0.2, 0.25) is 0 Å². The average molecular weight is 372 g/mol. The number of halogens is 1. The summed E-state index contributed by atoms with van der Waals surface area (Å²) in [5.74, 6) is -0.885. The van der Waals surface area contributed by atoms with Gasteiger partial charge in [-0.1, -0.05) is 11.6 Å². The number of carboxylic acid groups (broad SMARTS) is 1. The highest BCUT2D eigenvalue weighted by Crippen LogP contribution is 2.29. The van der Waals surface area contributed by atoms with Crippen molar-refractivity contribution in [3.8, 4) is 5.75 Å². The highest BCUT2D eigenvalue weighted by atomic mass is 35.5. The molecule has 25 heavy (non-hydrogen) atoms. The van der Waals surface area contributed by atoms with Crippen molar-refractivity contribution in [1.29, 1.82) is 0 Å². The third-order valence-corrected chi connectivity index (χ3v) is 4.33. The molecule has 1 heterocycles. The van der Waals surface area contributed by atoms with Gasteiger partial charge in [0.05, 0.1) is 24.7 Å². The molecule has 0 aliphatic carbocycles. The molecule has 1 aromatic rings. The van der Waals surface area contributed by atoms with Gasteiger partial charge in [-0.3, -0.25) is 9.59 Å². The molecule has 8 heteroatoms. The summed E-state index contributed by atoms with van der Waals surface area (Å²) in [6.07, 6.45) is 0.159. The van der Waals surface area contributed by atoms with E-state index in [-0.39, 0.29) is 25.0 Å². The number of methoxy groups -OCH3 is 2. The SMILES string of the molecule is COCCOc1ccc(Cl)cc1C(=O)N1CC(OC)CC1CC(=O)O. The summed E-state index contributed by atoms with van der Waals surface area (Å²) in [6, 6.07) is 4.36. The van der Waals surface area contributed by atoms with Gasteiger partial charge in [-0.2, -0.15) is 0 Å². The molecule has 2 unspecified atom stereocenters. The predicted molar refractivity (Wildman–Crippen MR) is 91.3 cm³/mol. The molecule has 7 nitrogen and oxygen atoms in total. The number of carbonyl (C=O) groups is 2. The van der Waals surface area contributed by atoms with E-state index in [1.54, 1.807) is 26.4 Å². The zero-order valence-corrected chi connectivity index (χ0v) is 15.0. The van der Waals surface area contributed by atoms with Gasteiger partial charge in [0.1, 0.15) is 12.4 Å². The van der Waals surface area contributed by atoms with Crippen LogP contribution in [0, 0.1) is 0 Å². The van der Waals surface area contributed by atoms with Crippen molar-refractivity contribution < 1.29 is 28.9 Å². The molecule has 0 bridgehead atoms. The van der Waals surface area contributed by atoms with Gasteiger partial charge in [-0.05, 0) is 24.6 Å². The number of likely N-dealkylation sites (tertiary alicyclic amines) is 1. The van der Waals surface area contributed by atoms with Gasteiger partial charge in [0.15, 0.2) is 0 Å². The summed E-state index contributed by atoms with van der Waals surface area (Å²) in [5, 5.41) is 9.51. The number of carboxylic acids is 1. The summed E-state index contributed by atoms with van der Waals surface area (Å²) < 4.78 is 15.9. The molecular formula is C17H22ClNO6. The molecule has 2 atom stereocenters. The second-order valence-electron chi connectivity index (χ2n) is 5.78. The van der Waals surface area contributed by atoms with E-state index in [1.165, 1.54) is 11.0 Å². The Morgan fingerprint density at radius 3 is 2.72 bits per heavy atom. The molecule has 0 radical (unpaired) electrons. The highest BCUT2D eigenvalue weighted by molar-refractivity contribution is 6.31. The Morgan fingerprint density at radius 1 is 1.32 bits per heavy atom. The Morgan fingerprint density at radius 2 is 2.08 bits per heavy atom. The lowest BCUT2D eigenvalue weighted by molar-refractivity contribution is -0.137. The van der Waals surface area contributed by atoms with E-state index in [1.807, 2.05) is 0 Å². The maximum atomic E-state index is 13.0. The Bertz CT molecular complexity index is 623. The number of hydrogen-bond acceptors (Lipinski definition) is 5. The zero-order chi connectivity index (χ0) is 18.4. The van der Waals surface area contributed by atoms with Crippen molar-refractivity contribution >= 4 is 23.5 Å². The van der Waals surface area contributed by atoms with Crippen LogP contribution in [0.2, 0.25) is 5.02 Å². The lowest BCUT2D eigenvalue weighted by Gasteiger charge is -2.24. The monoisotopic (exact) mass is 371 g/mol. The Labute approximate surface area is 151 Å². The number of ether oxygens (including phenoxy) is 3. The van der Waals surface area contributed by atoms with Gasteiger partial charge >= 0.3 is 5.97 Å². The summed E-state index contributed by atoms with van der Waals surface area (Å²) in [4.78, 5) is 25.7. The minimum absolute atomic E-state index is 0.133. The van der Waals surface area contributed by atoms with Crippen LogP contribution < -0.4 is 4.74 Å². The third kappa shape index (κ3) is 5.07. The molecule has 138 valence electrons. The smallest absolute Gasteiger partial charge is 0.305 e. The first-order chi connectivity index (χ1) is 12.0. The normalized spacial score (nSPS) is 19.9. The lowest BCUT2D eigenvalue weighted by Crippen LogP contribution is -2.37. The van der Waals surface area contributed by atoms with Crippen molar-refractivity contribution in [2.45, 2.75) is 25.0 Å². The van der Waals surface area contributed by atoms with Gasteiger partial charge in [-0.15, -0.1) is 0 Å². The number of amides is 1. The van der Waals surface area contributed by atoms with E-state index >= 15 is 0 Å². The molecule has 1 saturated heterocycles. The zero-order valence-electron chi connectivity index (χ0n) is 14.2. The fraction of sp³-hybridized carbons (Fsp3) is 0.529. The summed E-state index contributed by atoms with van der Waals surface area (Å²) in [6.45, 7) is 1.00. The highest BCUT2D eigenvalue weighted by Gasteiger charge is 2.37. The number of aliphatic carboxylic acids is 1. The Kier molecular flexibility index (Phi) is 7.04. The number of benzene rings is 1. The lowest BCUT2D eigenvalue weighted by atomic mass is 10.1. The summed E-state index contributed by atoms with van der Waals surface area (Å²) >= 11 is 6.04. The van der Waals surface area contributed by atoms with Gasteiger partial charge in [-0.25, -0.2) is 0 Å². The largest absolute Gasteiger partial charge is 0.490 e. The fourth-order valence-corrected chi connectivity index (χ4v) is 3.05. The second-order valence-corrected chi connectivity index (χ2v) is 6.22. The Hall–Kier alpha value is -1.83. The van der Waals surface area contributed by atoms with Crippen LogP contribution in [0.5, 0.6) is 5.75 Å². The van der Waals surface area contributed by atoms with Crippen LogP contribution in [0.1, 0.15) is 23.2 Å². The molecule has 0 spiro atoms. The molecule has 1 N–H and O–H groups in total. The van der Waals surface area contributed by atoms with Crippen LogP contribution >= 0.6 is 11.6 Å². The summed E-state index contributed by atoms with van der Waals surface area (Å²) in [7, 11) is 3.11. The van der Waals surface area contributed by atoms with Crippen molar-refractivity contribution in [1.82, 2.24) is 4.90 Å². The second kappa shape index (κ2) is 9.03. The van der Waals surface area contributed by atoms with Crippen molar-refractivity contribution in [2.24, 2.45) is 0 Å². The molecule has 1 fully saturated rings. The molecule has 2 rings (SSSR count). The average Bonchev–Trinajstić information content (AvgIpc) is 2.98. The number of carbonyl (C=O) groups excluding carboxylic acids is 1. The number of hydrogen-bond donors (Lipinski definition) is 1. The van der Waals surface area contributed by atoms with E-state index in [0.717, 1.165) is 0 Å². The van der Waals surface area contributed by atoms with Crippen molar-refractivity contribution in [3.63, 3.8) is 0 Å². The fourth-order valence-electron chi connectivity index (χ4n) is 2.87. The van der Waals surface area contributed by atoms with E-state index in [0.29, 0.717) is 35.9 Å². The van der Waals surface area contributed by atoms with E-state index in [9.17, 15) is 9.59 Å². The standard InChI is InChI=1S/C17H22ClNO6/c1-23-5-6-25-15-4-3-11(18)7-14(15)17(22)19-10-13(24-2)8-12(19)9-16(20)21/h3-4,7,12-13H,5-6,8-10H2,1-2H3,(H,20,21).